The monoisotopic (exact) mass is 1270 g/mol. The summed E-state index contributed by atoms with van der Waals surface area (Å²) in [6, 6.07) is -0.539. The number of unbranched alkanes of at least 4 members (excludes halogenated alkanes) is 67. The molecule has 0 aromatic heterocycles. The Balaban J connectivity index is 3.32. The fraction of sp³-hybridized carbons (Fsp3) is 0.952. The molecule has 0 bridgehead atoms. The highest BCUT2D eigenvalue weighted by molar-refractivity contribution is 5.76. The lowest BCUT2D eigenvalue weighted by Crippen LogP contribution is -2.45. The van der Waals surface area contributed by atoms with Crippen molar-refractivity contribution in [2.45, 2.75) is 501 Å². The molecular formula is C84H165NO5. The molecule has 0 fully saturated rings. The summed E-state index contributed by atoms with van der Waals surface area (Å²) < 4.78 is 5.51. The highest BCUT2D eigenvalue weighted by Gasteiger charge is 2.20. The van der Waals surface area contributed by atoms with Gasteiger partial charge in [0.25, 0.3) is 0 Å². The first kappa shape index (κ1) is 88.6. The van der Waals surface area contributed by atoms with E-state index in [1.54, 1.807) is 0 Å². The Morgan fingerprint density at radius 2 is 0.522 bits per heavy atom. The van der Waals surface area contributed by atoms with Crippen molar-refractivity contribution < 1.29 is 24.5 Å². The van der Waals surface area contributed by atoms with Crippen molar-refractivity contribution >= 4 is 11.9 Å². The highest BCUT2D eigenvalue weighted by atomic mass is 16.5. The minimum atomic E-state index is -0.662. The third-order valence-electron chi connectivity index (χ3n) is 20.1. The largest absolute Gasteiger partial charge is 0.466 e. The molecule has 90 heavy (non-hydrogen) atoms. The first-order chi connectivity index (χ1) is 44.5. The average molecular weight is 1270 g/mol. The Bertz CT molecular complexity index is 1370. The molecule has 1 amide bonds. The van der Waals surface area contributed by atoms with Gasteiger partial charge in [-0.15, -0.1) is 0 Å². The molecule has 536 valence electrons. The summed E-state index contributed by atoms with van der Waals surface area (Å²) in [5.74, 6) is -0.00794. The molecule has 0 aliphatic heterocycles. The van der Waals surface area contributed by atoms with Crippen molar-refractivity contribution in [1.29, 1.82) is 0 Å². The minimum absolute atomic E-state index is 0.0157. The maximum absolute atomic E-state index is 12.6. The van der Waals surface area contributed by atoms with Gasteiger partial charge in [-0.05, 0) is 51.4 Å². The maximum atomic E-state index is 12.6. The summed E-state index contributed by atoms with van der Waals surface area (Å²) in [7, 11) is 0. The predicted octanol–water partition coefficient (Wildman–Crippen LogP) is 27.8. The lowest BCUT2D eigenvalue weighted by atomic mass is 10.0. The molecule has 3 N–H and O–H groups in total. The van der Waals surface area contributed by atoms with E-state index < -0.39 is 12.1 Å². The van der Waals surface area contributed by atoms with Crippen molar-refractivity contribution in [2.75, 3.05) is 13.2 Å². The van der Waals surface area contributed by atoms with Crippen LogP contribution in [0.3, 0.4) is 0 Å². The fourth-order valence-corrected chi connectivity index (χ4v) is 13.7. The van der Waals surface area contributed by atoms with Gasteiger partial charge in [0, 0.05) is 12.8 Å². The average Bonchev–Trinajstić information content (AvgIpc) is 3.68. The molecule has 0 rings (SSSR count). The second-order valence-corrected chi connectivity index (χ2v) is 29.2. The number of carbonyl (C=O) groups is 2. The number of rotatable bonds is 80. The number of carbonyl (C=O) groups excluding carboxylic acids is 2. The molecular weight excluding hydrogens is 1100 g/mol. The third kappa shape index (κ3) is 75.6. The van der Waals surface area contributed by atoms with E-state index in [1.807, 2.05) is 0 Å². The van der Waals surface area contributed by atoms with E-state index in [9.17, 15) is 19.8 Å². The Morgan fingerprint density at radius 1 is 0.300 bits per heavy atom. The van der Waals surface area contributed by atoms with Crippen molar-refractivity contribution in [1.82, 2.24) is 5.32 Å². The topological polar surface area (TPSA) is 95.9 Å². The van der Waals surface area contributed by atoms with Gasteiger partial charge >= 0.3 is 5.97 Å². The molecule has 0 aromatic rings. The molecule has 6 heteroatoms. The minimum Gasteiger partial charge on any atom is -0.466 e. The van der Waals surface area contributed by atoms with E-state index in [-0.39, 0.29) is 18.5 Å². The normalized spacial score (nSPS) is 12.4. The molecule has 0 aliphatic carbocycles. The second kappa shape index (κ2) is 80.0. The summed E-state index contributed by atoms with van der Waals surface area (Å²) in [5, 5.41) is 23.5. The Labute approximate surface area is 565 Å². The van der Waals surface area contributed by atoms with Gasteiger partial charge in [0.15, 0.2) is 0 Å². The number of nitrogens with one attached hydrogen (secondary N) is 1. The summed E-state index contributed by atoms with van der Waals surface area (Å²) in [5.41, 5.74) is 0. The lowest BCUT2D eigenvalue weighted by molar-refractivity contribution is -0.143. The number of hydrogen-bond donors (Lipinski definition) is 3. The molecule has 0 radical (unpaired) electrons. The van der Waals surface area contributed by atoms with Crippen LogP contribution in [0, 0.1) is 0 Å². The van der Waals surface area contributed by atoms with Gasteiger partial charge in [0.05, 0.1) is 25.4 Å². The highest BCUT2D eigenvalue weighted by Crippen LogP contribution is 2.21. The van der Waals surface area contributed by atoms with E-state index in [0.717, 1.165) is 44.9 Å². The molecule has 0 heterocycles. The van der Waals surface area contributed by atoms with Crippen LogP contribution in [-0.4, -0.2) is 47.4 Å². The number of ether oxygens (including phenoxy) is 1. The van der Waals surface area contributed by atoms with Gasteiger partial charge in [-0.25, -0.2) is 0 Å². The van der Waals surface area contributed by atoms with Crippen LogP contribution in [0.25, 0.3) is 0 Å². The molecule has 2 atom stereocenters. The Morgan fingerprint density at radius 3 is 0.789 bits per heavy atom. The summed E-state index contributed by atoms with van der Waals surface area (Å²) in [4.78, 5) is 24.7. The van der Waals surface area contributed by atoms with Gasteiger partial charge < -0.3 is 20.3 Å². The van der Waals surface area contributed by atoms with Gasteiger partial charge in [-0.1, -0.05) is 437 Å². The van der Waals surface area contributed by atoms with Crippen LogP contribution < -0.4 is 5.32 Å². The first-order valence-corrected chi connectivity index (χ1v) is 41.9. The number of hydrogen-bond acceptors (Lipinski definition) is 5. The van der Waals surface area contributed by atoms with Crippen LogP contribution in [0.4, 0.5) is 0 Å². The van der Waals surface area contributed by atoms with Gasteiger partial charge in [0.2, 0.25) is 5.91 Å². The van der Waals surface area contributed by atoms with Gasteiger partial charge in [-0.3, -0.25) is 9.59 Å². The van der Waals surface area contributed by atoms with Crippen molar-refractivity contribution in [3.05, 3.63) is 12.2 Å². The van der Waals surface area contributed by atoms with E-state index in [4.69, 9.17) is 4.74 Å². The predicted molar refractivity (Wildman–Crippen MR) is 398 cm³/mol. The van der Waals surface area contributed by atoms with E-state index in [2.05, 4.69) is 31.3 Å². The standard InChI is InChI=1S/C84H165NO5/c1-3-5-7-9-11-13-15-17-19-21-22-23-24-36-39-42-45-48-52-56-60-64-68-72-76-82(87)81(80-86)85-83(88)77-73-69-65-61-57-53-49-46-43-40-37-34-32-30-28-26-25-27-29-31-33-35-38-41-44-47-51-55-59-63-67-71-75-79-90-84(89)78-74-70-66-62-58-54-50-20-18-16-14-12-10-8-6-4-2/h20,50,81-82,86-87H,3-19,21-49,51-80H2,1-2H3,(H,85,88)/b50-20-. The van der Waals surface area contributed by atoms with Crippen LogP contribution in [0.5, 0.6) is 0 Å². The van der Waals surface area contributed by atoms with Crippen molar-refractivity contribution in [3.63, 3.8) is 0 Å². The number of amides is 1. The van der Waals surface area contributed by atoms with E-state index in [1.165, 1.54) is 411 Å². The van der Waals surface area contributed by atoms with Crippen molar-refractivity contribution in [3.8, 4) is 0 Å². The van der Waals surface area contributed by atoms with Gasteiger partial charge in [0.1, 0.15) is 0 Å². The quantitative estimate of drug-likeness (QED) is 0.0320. The zero-order valence-electron chi connectivity index (χ0n) is 61.7. The molecule has 0 spiro atoms. The maximum Gasteiger partial charge on any atom is 0.305 e. The fourth-order valence-electron chi connectivity index (χ4n) is 13.7. The SMILES string of the molecule is CCCCCCCCC/C=C\CCCCCCCC(=O)OCCCCCCCCCCCCCCCCCCCCCCCCCCCCCCCCCCCC(=O)NC(CO)C(O)CCCCCCCCCCCCCCCCCCCCCCCCCC. The third-order valence-corrected chi connectivity index (χ3v) is 20.1. The first-order valence-electron chi connectivity index (χ1n) is 41.9. The summed E-state index contributed by atoms with van der Waals surface area (Å²) in [6.45, 7) is 5.01. The van der Waals surface area contributed by atoms with Crippen LogP contribution in [0.1, 0.15) is 489 Å². The summed E-state index contributed by atoms with van der Waals surface area (Å²) >= 11 is 0. The zero-order chi connectivity index (χ0) is 64.9. The number of aliphatic hydroxyl groups excluding tert-OH is 2. The van der Waals surface area contributed by atoms with E-state index >= 15 is 0 Å². The van der Waals surface area contributed by atoms with Crippen LogP contribution >= 0.6 is 0 Å². The number of esters is 1. The molecule has 0 saturated heterocycles. The second-order valence-electron chi connectivity index (χ2n) is 29.2. The smallest absolute Gasteiger partial charge is 0.305 e. The number of aliphatic hydroxyl groups is 2. The molecule has 0 aliphatic rings. The van der Waals surface area contributed by atoms with Crippen LogP contribution in [0.2, 0.25) is 0 Å². The Hall–Kier alpha value is -1.40. The lowest BCUT2D eigenvalue weighted by Gasteiger charge is -2.22. The van der Waals surface area contributed by atoms with Gasteiger partial charge in [-0.2, -0.15) is 0 Å². The van der Waals surface area contributed by atoms with Crippen LogP contribution in [-0.2, 0) is 14.3 Å². The molecule has 0 saturated carbocycles. The zero-order valence-corrected chi connectivity index (χ0v) is 61.7. The molecule has 2 unspecified atom stereocenters. The molecule has 6 nitrogen and oxygen atoms in total. The molecule has 0 aromatic carbocycles. The van der Waals surface area contributed by atoms with E-state index in [0.29, 0.717) is 25.9 Å². The van der Waals surface area contributed by atoms with Crippen molar-refractivity contribution in [2.24, 2.45) is 0 Å². The summed E-state index contributed by atoms with van der Waals surface area (Å²) in [6.07, 6.45) is 102. The van der Waals surface area contributed by atoms with Crippen LogP contribution in [0.15, 0.2) is 12.2 Å². The number of allylic oxidation sites excluding steroid dienone is 2. The Kier molecular flexibility index (Phi) is 78.8.